The van der Waals surface area contributed by atoms with Crippen molar-refractivity contribution in [1.29, 1.82) is 0 Å². The molecule has 5 nitrogen and oxygen atoms in total. The number of alkyl halides is 3. The van der Waals surface area contributed by atoms with Gasteiger partial charge in [0.15, 0.2) is 0 Å². The number of hydrogen-bond donors (Lipinski definition) is 1. The molecule has 1 atom stereocenters. The Morgan fingerprint density at radius 1 is 0.963 bits per heavy atom. The van der Waals surface area contributed by atoms with E-state index in [0.717, 1.165) is 12.1 Å². The number of aromatic amines is 1. The van der Waals surface area contributed by atoms with E-state index in [1.807, 2.05) is 6.92 Å². The van der Waals surface area contributed by atoms with Crippen molar-refractivity contribution in [2.24, 2.45) is 0 Å². The van der Waals surface area contributed by atoms with Gasteiger partial charge in [-0.3, -0.25) is 4.79 Å². The van der Waals surface area contributed by atoms with Crippen LogP contribution < -0.4 is 5.56 Å². The summed E-state index contributed by atoms with van der Waals surface area (Å²) < 4.78 is 38.2. The van der Waals surface area contributed by atoms with Crippen LogP contribution in [-0.2, 0) is 6.18 Å². The van der Waals surface area contributed by atoms with Crippen LogP contribution in [0.15, 0.2) is 41.2 Å². The van der Waals surface area contributed by atoms with Gasteiger partial charge in [0, 0.05) is 12.0 Å². The van der Waals surface area contributed by atoms with Crippen molar-refractivity contribution in [3.63, 3.8) is 0 Å². The summed E-state index contributed by atoms with van der Waals surface area (Å²) in [6, 6.07) is 8.06. The second-order valence-corrected chi connectivity index (χ2v) is 6.28. The zero-order chi connectivity index (χ0) is 19.8. The van der Waals surface area contributed by atoms with Crippen molar-refractivity contribution in [1.82, 2.24) is 19.9 Å². The van der Waals surface area contributed by atoms with E-state index in [2.05, 4.69) is 19.9 Å². The van der Waals surface area contributed by atoms with Crippen LogP contribution in [-0.4, -0.2) is 19.9 Å². The summed E-state index contributed by atoms with van der Waals surface area (Å²) >= 11 is 0. The minimum absolute atomic E-state index is 0.254. The third-order valence-corrected chi connectivity index (χ3v) is 4.16. The lowest BCUT2D eigenvalue weighted by Gasteiger charge is -2.15. The van der Waals surface area contributed by atoms with Gasteiger partial charge < -0.3 is 4.98 Å². The van der Waals surface area contributed by atoms with Crippen LogP contribution in [0.4, 0.5) is 13.2 Å². The molecule has 1 aromatic carbocycles. The molecule has 0 fully saturated rings. The highest BCUT2D eigenvalue weighted by Crippen LogP contribution is 2.31. The van der Waals surface area contributed by atoms with Crippen LogP contribution in [0, 0.1) is 13.8 Å². The Morgan fingerprint density at radius 3 is 2.19 bits per heavy atom. The van der Waals surface area contributed by atoms with Gasteiger partial charge in [0.05, 0.1) is 22.6 Å². The number of aromatic nitrogens is 4. The molecule has 0 saturated carbocycles. The number of H-pyrrole nitrogens is 1. The molecule has 27 heavy (non-hydrogen) atoms. The Morgan fingerprint density at radius 2 is 1.59 bits per heavy atom. The first-order valence-corrected chi connectivity index (χ1v) is 8.24. The summed E-state index contributed by atoms with van der Waals surface area (Å²) in [7, 11) is 0. The van der Waals surface area contributed by atoms with Gasteiger partial charge in [-0.15, -0.1) is 0 Å². The molecule has 0 aliphatic carbocycles. The van der Waals surface area contributed by atoms with Gasteiger partial charge in [0.2, 0.25) is 0 Å². The highest BCUT2D eigenvalue weighted by molar-refractivity contribution is 5.54. The maximum absolute atomic E-state index is 12.7. The number of rotatable bonds is 3. The van der Waals surface area contributed by atoms with E-state index in [1.54, 1.807) is 19.9 Å². The zero-order valence-electron chi connectivity index (χ0n) is 14.9. The average Bonchev–Trinajstić information content (AvgIpc) is 2.59. The predicted molar refractivity (Wildman–Crippen MR) is 94.3 cm³/mol. The van der Waals surface area contributed by atoms with Crippen molar-refractivity contribution in [3.05, 3.63) is 75.2 Å². The molecule has 0 saturated heterocycles. The topological polar surface area (TPSA) is 71.5 Å². The van der Waals surface area contributed by atoms with Gasteiger partial charge in [-0.05, 0) is 37.6 Å². The van der Waals surface area contributed by atoms with Crippen LogP contribution in [0.1, 0.15) is 41.3 Å². The summed E-state index contributed by atoms with van der Waals surface area (Å²) in [6.07, 6.45) is -4.37. The molecule has 0 bridgehead atoms. The molecular weight excluding hydrogens is 357 g/mol. The molecule has 0 aliphatic heterocycles. The lowest BCUT2D eigenvalue weighted by Crippen LogP contribution is -2.10. The lowest BCUT2D eigenvalue weighted by molar-refractivity contribution is -0.137. The zero-order valence-corrected chi connectivity index (χ0v) is 14.9. The van der Waals surface area contributed by atoms with Crippen LogP contribution in [0.2, 0.25) is 0 Å². The summed E-state index contributed by atoms with van der Waals surface area (Å²) in [4.78, 5) is 27.3. The number of nitrogens with one attached hydrogen (secondary N) is 1. The Hall–Kier alpha value is -3.03. The summed E-state index contributed by atoms with van der Waals surface area (Å²) in [5.41, 5.74) is 1.26. The molecule has 0 amide bonds. The average molecular weight is 374 g/mol. The Balaban J connectivity index is 1.99. The Kier molecular flexibility index (Phi) is 4.82. The van der Waals surface area contributed by atoms with Gasteiger partial charge in [0.25, 0.3) is 5.56 Å². The van der Waals surface area contributed by atoms with Crippen LogP contribution in [0.25, 0.3) is 11.4 Å². The van der Waals surface area contributed by atoms with Crippen LogP contribution in [0.3, 0.4) is 0 Å². The maximum atomic E-state index is 12.7. The smallest absolute Gasteiger partial charge is 0.311 e. The van der Waals surface area contributed by atoms with Gasteiger partial charge >= 0.3 is 6.18 Å². The number of halogens is 3. The monoisotopic (exact) mass is 374 g/mol. The second kappa shape index (κ2) is 6.94. The first kappa shape index (κ1) is 18.8. The van der Waals surface area contributed by atoms with E-state index in [0.29, 0.717) is 34.3 Å². The van der Waals surface area contributed by atoms with Gasteiger partial charge in [-0.25, -0.2) is 15.0 Å². The van der Waals surface area contributed by atoms with Crippen LogP contribution in [0.5, 0.6) is 0 Å². The van der Waals surface area contributed by atoms with E-state index >= 15 is 0 Å². The Labute approximate surface area is 153 Å². The normalized spacial score (nSPS) is 12.8. The second-order valence-electron chi connectivity index (χ2n) is 6.28. The molecular formula is C19H17F3N4O. The molecule has 2 heterocycles. The van der Waals surface area contributed by atoms with E-state index in [9.17, 15) is 18.0 Å². The first-order chi connectivity index (χ1) is 12.6. The van der Waals surface area contributed by atoms with Gasteiger partial charge in [0.1, 0.15) is 11.6 Å². The molecule has 8 heteroatoms. The molecule has 3 aromatic rings. The molecule has 140 valence electrons. The molecule has 1 N–H and O–H groups in total. The lowest BCUT2D eigenvalue weighted by atomic mass is 9.95. The molecule has 0 radical (unpaired) electrons. The number of benzene rings is 1. The van der Waals surface area contributed by atoms with Crippen molar-refractivity contribution < 1.29 is 13.2 Å². The minimum atomic E-state index is -4.37. The SMILES string of the molecule is Cc1nc(-c2cc(=O)[nH]c(C)n2)cc(C(C)c2ccc(C(F)(F)F)cc2)n1. The van der Waals surface area contributed by atoms with Crippen molar-refractivity contribution in [2.75, 3.05) is 0 Å². The van der Waals surface area contributed by atoms with Crippen molar-refractivity contribution in [2.45, 2.75) is 32.9 Å². The van der Waals surface area contributed by atoms with Crippen LogP contribution >= 0.6 is 0 Å². The van der Waals surface area contributed by atoms with E-state index < -0.39 is 11.7 Å². The number of hydrogen-bond acceptors (Lipinski definition) is 4. The number of aryl methyl sites for hydroxylation is 2. The summed E-state index contributed by atoms with van der Waals surface area (Å²) in [6.45, 7) is 5.24. The fourth-order valence-corrected chi connectivity index (χ4v) is 2.79. The molecule has 3 rings (SSSR count). The maximum Gasteiger partial charge on any atom is 0.416 e. The highest BCUT2D eigenvalue weighted by Gasteiger charge is 2.30. The highest BCUT2D eigenvalue weighted by atomic mass is 19.4. The third kappa shape index (κ3) is 4.21. The minimum Gasteiger partial charge on any atom is -0.311 e. The van der Waals surface area contributed by atoms with E-state index in [1.165, 1.54) is 18.2 Å². The van der Waals surface area contributed by atoms with E-state index in [-0.39, 0.29) is 11.5 Å². The molecule has 0 spiro atoms. The first-order valence-electron chi connectivity index (χ1n) is 8.24. The fraction of sp³-hybridized carbons (Fsp3) is 0.263. The van der Waals surface area contributed by atoms with Gasteiger partial charge in [-0.2, -0.15) is 13.2 Å². The number of nitrogens with zero attached hydrogens (tertiary/aromatic N) is 3. The molecule has 2 aromatic heterocycles. The van der Waals surface area contributed by atoms with Crippen molar-refractivity contribution >= 4 is 0 Å². The summed E-state index contributed by atoms with van der Waals surface area (Å²) in [5, 5.41) is 0. The van der Waals surface area contributed by atoms with E-state index in [4.69, 9.17) is 0 Å². The van der Waals surface area contributed by atoms with Crippen molar-refractivity contribution in [3.8, 4) is 11.4 Å². The quantitative estimate of drug-likeness (QED) is 0.752. The summed E-state index contributed by atoms with van der Waals surface area (Å²) in [5.74, 6) is 0.697. The fourth-order valence-electron chi connectivity index (χ4n) is 2.79. The molecule has 1 unspecified atom stereocenters. The van der Waals surface area contributed by atoms with Gasteiger partial charge in [-0.1, -0.05) is 19.1 Å². The predicted octanol–water partition coefficient (Wildman–Crippen LogP) is 4.01. The molecule has 0 aliphatic rings. The Bertz CT molecular complexity index is 1030. The largest absolute Gasteiger partial charge is 0.416 e. The third-order valence-electron chi connectivity index (χ3n) is 4.16. The standard InChI is InChI=1S/C19H17F3N4O/c1-10(13-4-6-14(7-5-13)19(20,21)22)15-8-16(24-11(2)23-15)17-9-18(27)26-12(3)25-17/h4-10H,1-3H3,(H,25,26,27).